The van der Waals surface area contributed by atoms with Gasteiger partial charge in [-0.25, -0.2) is 0 Å². The highest BCUT2D eigenvalue weighted by atomic mass is 16.2. The predicted octanol–water partition coefficient (Wildman–Crippen LogP) is 1.15. The van der Waals surface area contributed by atoms with Crippen LogP contribution in [0.4, 0.5) is 0 Å². The van der Waals surface area contributed by atoms with Gasteiger partial charge >= 0.3 is 0 Å². The summed E-state index contributed by atoms with van der Waals surface area (Å²) in [5.74, 6) is 0.127. The first-order valence-corrected chi connectivity index (χ1v) is 6.18. The molecule has 17 heavy (non-hydrogen) atoms. The number of hydrogen-bond acceptors (Lipinski definition) is 3. The lowest BCUT2D eigenvalue weighted by molar-refractivity contribution is -0.122. The van der Waals surface area contributed by atoms with Crippen LogP contribution in [0.3, 0.4) is 0 Å². The van der Waals surface area contributed by atoms with E-state index in [1.165, 1.54) is 0 Å². The summed E-state index contributed by atoms with van der Waals surface area (Å²) in [7, 11) is 0. The van der Waals surface area contributed by atoms with Crippen molar-refractivity contribution in [1.82, 2.24) is 15.6 Å². The van der Waals surface area contributed by atoms with E-state index in [1.807, 2.05) is 25.3 Å². The zero-order valence-electron chi connectivity index (χ0n) is 10.2. The number of aromatic nitrogens is 1. The van der Waals surface area contributed by atoms with Gasteiger partial charge in [0.1, 0.15) is 0 Å². The van der Waals surface area contributed by atoms with Crippen LogP contribution in [0, 0.1) is 6.92 Å². The quantitative estimate of drug-likeness (QED) is 0.823. The monoisotopic (exact) mass is 233 g/mol. The molecule has 2 N–H and O–H groups in total. The molecule has 0 radical (unpaired) electrons. The fraction of sp³-hybridized carbons (Fsp3) is 0.538. The summed E-state index contributed by atoms with van der Waals surface area (Å²) in [4.78, 5) is 15.9. The van der Waals surface area contributed by atoms with Gasteiger partial charge in [0.25, 0.3) is 0 Å². The van der Waals surface area contributed by atoms with Crippen LogP contribution >= 0.6 is 0 Å². The Labute approximate surface area is 102 Å². The Morgan fingerprint density at radius 1 is 1.47 bits per heavy atom. The smallest absolute Gasteiger partial charge is 0.237 e. The van der Waals surface area contributed by atoms with Gasteiger partial charge in [-0.1, -0.05) is 6.07 Å². The summed E-state index contributed by atoms with van der Waals surface area (Å²) < 4.78 is 0. The number of rotatable bonds is 3. The normalized spacial score (nSPS) is 20.8. The van der Waals surface area contributed by atoms with Gasteiger partial charge in [-0.2, -0.15) is 0 Å². The second kappa shape index (κ2) is 5.77. The number of carbonyl (C=O) groups is 1. The standard InChI is InChI=1S/C13H19N3O/c1-10-5-6-11(8-15-10)9-16-12-4-2-3-7-14-13(12)17/h5-6,8,12,16H,2-4,7,9H2,1H3,(H,14,17). The van der Waals surface area contributed by atoms with E-state index >= 15 is 0 Å². The zero-order chi connectivity index (χ0) is 12.1. The summed E-state index contributed by atoms with van der Waals surface area (Å²) in [6.45, 7) is 3.48. The van der Waals surface area contributed by atoms with Gasteiger partial charge in [0.2, 0.25) is 5.91 Å². The summed E-state index contributed by atoms with van der Waals surface area (Å²) in [6, 6.07) is 3.98. The maximum Gasteiger partial charge on any atom is 0.237 e. The maximum absolute atomic E-state index is 11.7. The molecule has 4 nitrogen and oxygen atoms in total. The average Bonchev–Trinajstić information content (AvgIpc) is 2.54. The largest absolute Gasteiger partial charge is 0.355 e. The molecule has 0 aromatic carbocycles. The molecule has 2 heterocycles. The minimum absolute atomic E-state index is 0.0567. The molecule has 0 spiro atoms. The lowest BCUT2D eigenvalue weighted by atomic mass is 10.1. The van der Waals surface area contributed by atoms with Crippen molar-refractivity contribution >= 4 is 5.91 Å². The number of hydrogen-bond donors (Lipinski definition) is 2. The minimum Gasteiger partial charge on any atom is -0.355 e. The molecular weight excluding hydrogens is 214 g/mol. The Balaban J connectivity index is 1.88. The first-order chi connectivity index (χ1) is 8.25. The van der Waals surface area contributed by atoms with Gasteiger partial charge in [-0.15, -0.1) is 0 Å². The molecule has 1 aromatic heterocycles. The van der Waals surface area contributed by atoms with Gasteiger partial charge in [0, 0.05) is 25.0 Å². The van der Waals surface area contributed by atoms with E-state index in [2.05, 4.69) is 15.6 Å². The second-order valence-electron chi connectivity index (χ2n) is 4.53. The SMILES string of the molecule is Cc1ccc(CNC2CCCCNC2=O)cn1. The maximum atomic E-state index is 11.7. The van der Waals surface area contributed by atoms with E-state index in [1.54, 1.807) is 0 Å². The Kier molecular flexibility index (Phi) is 4.09. The van der Waals surface area contributed by atoms with Gasteiger partial charge in [0.05, 0.1) is 6.04 Å². The van der Waals surface area contributed by atoms with E-state index in [0.717, 1.165) is 37.1 Å². The fourth-order valence-electron chi connectivity index (χ4n) is 1.98. The third kappa shape index (κ3) is 3.53. The predicted molar refractivity (Wildman–Crippen MR) is 66.5 cm³/mol. The highest BCUT2D eigenvalue weighted by Crippen LogP contribution is 2.07. The molecule has 1 aliphatic heterocycles. The van der Waals surface area contributed by atoms with E-state index in [4.69, 9.17) is 0 Å². The van der Waals surface area contributed by atoms with Crippen LogP contribution < -0.4 is 10.6 Å². The average molecular weight is 233 g/mol. The Hall–Kier alpha value is -1.42. The Morgan fingerprint density at radius 2 is 2.35 bits per heavy atom. The zero-order valence-corrected chi connectivity index (χ0v) is 10.2. The number of pyridine rings is 1. The Bertz CT molecular complexity index is 375. The molecule has 2 rings (SSSR count). The molecule has 1 saturated heterocycles. The Morgan fingerprint density at radius 3 is 3.12 bits per heavy atom. The van der Waals surface area contributed by atoms with Crippen LogP contribution in [-0.4, -0.2) is 23.5 Å². The molecular formula is C13H19N3O. The molecule has 1 atom stereocenters. The van der Waals surface area contributed by atoms with Gasteiger partial charge in [-0.05, 0) is 37.8 Å². The van der Waals surface area contributed by atoms with E-state index in [9.17, 15) is 4.79 Å². The van der Waals surface area contributed by atoms with Crippen LogP contribution in [0.15, 0.2) is 18.3 Å². The van der Waals surface area contributed by atoms with Crippen molar-refractivity contribution in [3.8, 4) is 0 Å². The van der Waals surface area contributed by atoms with Gasteiger partial charge < -0.3 is 10.6 Å². The summed E-state index contributed by atoms with van der Waals surface area (Å²) in [5.41, 5.74) is 2.13. The topological polar surface area (TPSA) is 54.0 Å². The van der Waals surface area contributed by atoms with E-state index in [-0.39, 0.29) is 11.9 Å². The lowest BCUT2D eigenvalue weighted by Gasteiger charge is -2.14. The molecule has 4 heteroatoms. The molecule has 0 saturated carbocycles. The number of carbonyl (C=O) groups excluding carboxylic acids is 1. The molecule has 1 aliphatic rings. The second-order valence-corrected chi connectivity index (χ2v) is 4.53. The van der Waals surface area contributed by atoms with Crippen LogP contribution in [0.25, 0.3) is 0 Å². The molecule has 0 bridgehead atoms. The number of aryl methyl sites for hydroxylation is 1. The molecule has 1 unspecified atom stereocenters. The van der Waals surface area contributed by atoms with Crippen molar-refractivity contribution in [1.29, 1.82) is 0 Å². The van der Waals surface area contributed by atoms with Crippen molar-refractivity contribution in [3.63, 3.8) is 0 Å². The van der Waals surface area contributed by atoms with Crippen molar-refractivity contribution in [2.24, 2.45) is 0 Å². The van der Waals surface area contributed by atoms with Gasteiger partial charge in [0.15, 0.2) is 0 Å². The third-order valence-electron chi connectivity index (χ3n) is 3.06. The van der Waals surface area contributed by atoms with Crippen molar-refractivity contribution in [2.75, 3.05) is 6.54 Å². The van der Waals surface area contributed by atoms with Crippen LogP contribution in [0.1, 0.15) is 30.5 Å². The highest BCUT2D eigenvalue weighted by molar-refractivity contribution is 5.81. The third-order valence-corrected chi connectivity index (χ3v) is 3.06. The molecule has 92 valence electrons. The van der Waals surface area contributed by atoms with Gasteiger partial charge in [-0.3, -0.25) is 9.78 Å². The van der Waals surface area contributed by atoms with Crippen LogP contribution in [0.5, 0.6) is 0 Å². The van der Waals surface area contributed by atoms with E-state index < -0.39 is 0 Å². The van der Waals surface area contributed by atoms with Crippen molar-refractivity contribution in [3.05, 3.63) is 29.6 Å². The van der Waals surface area contributed by atoms with Crippen molar-refractivity contribution in [2.45, 2.75) is 38.8 Å². The highest BCUT2D eigenvalue weighted by Gasteiger charge is 2.19. The fourth-order valence-corrected chi connectivity index (χ4v) is 1.98. The molecule has 1 fully saturated rings. The van der Waals surface area contributed by atoms with Crippen LogP contribution in [-0.2, 0) is 11.3 Å². The summed E-state index contributed by atoms with van der Waals surface area (Å²) in [6.07, 6.45) is 4.96. The summed E-state index contributed by atoms with van der Waals surface area (Å²) >= 11 is 0. The first-order valence-electron chi connectivity index (χ1n) is 6.18. The van der Waals surface area contributed by atoms with Crippen molar-refractivity contribution < 1.29 is 4.79 Å². The number of nitrogens with one attached hydrogen (secondary N) is 2. The number of nitrogens with zero attached hydrogens (tertiary/aromatic N) is 1. The van der Waals surface area contributed by atoms with Crippen LogP contribution in [0.2, 0.25) is 0 Å². The minimum atomic E-state index is -0.0567. The molecule has 0 aliphatic carbocycles. The summed E-state index contributed by atoms with van der Waals surface area (Å²) in [5, 5.41) is 6.22. The first kappa shape index (κ1) is 12.0. The number of amides is 1. The molecule has 1 amide bonds. The molecule has 1 aromatic rings. The van der Waals surface area contributed by atoms with E-state index in [0.29, 0.717) is 6.54 Å². The lowest BCUT2D eigenvalue weighted by Crippen LogP contribution is -2.42.